The van der Waals surface area contributed by atoms with E-state index in [-0.39, 0.29) is 0 Å². The summed E-state index contributed by atoms with van der Waals surface area (Å²) in [5.41, 5.74) is 9.60. The first-order valence-corrected chi connectivity index (χ1v) is 16.7. The van der Waals surface area contributed by atoms with E-state index in [0.29, 0.717) is 5.75 Å². The molecule has 0 atom stereocenters. The number of hydrogen-bond acceptors (Lipinski definition) is 6. The van der Waals surface area contributed by atoms with E-state index in [0.717, 1.165) is 33.3 Å². The fraction of sp³-hybridized carbons (Fsp3) is 0.275. The van der Waals surface area contributed by atoms with Gasteiger partial charge < -0.3 is 24.8 Å². The van der Waals surface area contributed by atoms with Gasteiger partial charge in [0, 0.05) is 53.4 Å². The maximum atomic E-state index is 11.0. The second kappa shape index (κ2) is 21.6. The Bertz CT molecular complexity index is 1770. The summed E-state index contributed by atoms with van der Waals surface area (Å²) >= 11 is 5.82. The van der Waals surface area contributed by atoms with Crippen LogP contribution in [0.2, 0.25) is 5.02 Å². The van der Waals surface area contributed by atoms with Crippen LogP contribution in [0.3, 0.4) is 0 Å². The van der Waals surface area contributed by atoms with Crippen LogP contribution < -0.4 is 10.1 Å². The summed E-state index contributed by atoms with van der Waals surface area (Å²) in [4.78, 5) is 34.0. The Morgan fingerprint density at radius 1 is 0.627 bits per heavy atom. The Morgan fingerprint density at radius 3 is 1.57 bits per heavy atom. The quantitative estimate of drug-likeness (QED) is 0.138. The average molecular weight is 711 g/mol. The standard InChI is InChI=1S/C19H23N3.C11H15N3O2.C10H13ClN2/c1-14-6-8-18(16(3)10-14)20-12-22(5)13-21-19-9-7-15(2)11-17(19)4;1-12-11(15)16-10-6-4-5-9(7-10)13-8-14(2)3;1-8-6-9(11)4-5-10(8)12-7-13(2)3/h6-13H,1-5H3;4-8H,1-3H3,(H,12,15);4-7H,1-3H3/b20-12+,21-13+;13-8-;. The number of carbonyl (C=O) groups is 1. The van der Waals surface area contributed by atoms with Gasteiger partial charge in [0.1, 0.15) is 5.75 Å². The van der Waals surface area contributed by atoms with Crippen molar-refractivity contribution in [2.75, 3.05) is 42.3 Å². The molecule has 270 valence electrons. The van der Waals surface area contributed by atoms with Gasteiger partial charge in [0.15, 0.2) is 0 Å². The predicted octanol–water partition coefficient (Wildman–Crippen LogP) is 9.37. The summed E-state index contributed by atoms with van der Waals surface area (Å²) in [5, 5.41) is 3.13. The van der Waals surface area contributed by atoms with Crippen LogP contribution in [0.4, 0.5) is 27.5 Å². The average Bonchev–Trinajstić information content (AvgIpc) is 3.07. The molecule has 0 bridgehead atoms. The molecule has 11 heteroatoms. The van der Waals surface area contributed by atoms with Gasteiger partial charge >= 0.3 is 6.09 Å². The number of carbonyl (C=O) groups excluding carboxylic acids is 1. The van der Waals surface area contributed by atoms with Crippen LogP contribution in [-0.4, -0.2) is 88.4 Å². The number of nitrogens with one attached hydrogen (secondary N) is 1. The highest BCUT2D eigenvalue weighted by Gasteiger charge is 2.02. The lowest BCUT2D eigenvalue weighted by molar-refractivity contribution is 0.203. The molecular formula is C40H51ClN8O2. The number of aliphatic imine (C=N–C) groups is 4. The van der Waals surface area contributed by atoms with Crippen LogP contribution in [0.1, 0.15) is 27.8 Å². The first-order valence-electron chi connectivity index (χ1n) is 16.3. The maximum Gasteiger partial charge on any atom is 0.412 e. The highest BCUT2D eigenvalue weighted by molar-refractivity contribution is 6.30. The predicted molar refractivity (Wildman–Crippen MR) is 217 cm³/mol. The Kier molecular flexibility index (Phi) is 17.6. The van der Waals surface area contributed by atoms with E-state index in [1.54, 1.807) is 43.6 Å². The van der Waals surface area contributed by atoms with Gasteiger partial charge in [-0.3, -0.25) is 0 Å². The van der Waals surface area contributed by atoms with Crippen LogP contribution in [0, 0.1) is 34.6 Å². The summed E-state index contributed by atoms with van der Waals surface area (Å²) in [7, 11) is 11.1. The Hall–Kier alpha value is -5.48. The molecule has 0 saturated carbocycles. The van der Waals surface area contributed by atoms with E-state index < -0.39 is 6.09 Å². The Labute approximate surface area is 308 Å². The van der Waals surface area contributed by atoms with E-state index >= 15 is 0 Å². The molecule has 0 heterocycles. The van der Waals surface area contributed by atoms with Gasteiger partial charge in [0.05, 0.1) is 48.1 Å². The summed E-state index contributed by atoms with van der Waals surface area (Å²) in [5.74, 6) is 0.466. The van der Waals surface area contributed by atoms with E-state index in [9.17, 15) is 4.79 Å². The molecule has 4 aromatic carbocycles. The lowest BCUT2D eigenvalue weighted by atomic mass is 10.1. The molecule has 1 amide bonds. The van der Waals surface area contributed by atoms with Crippen molar-refractivity contribution in [2.45, 2.75) is 34.6 Å². The fourth-order valence-electron chi connectivity index (χ4n) is 4.15. The van der Waals surface area contributed by atoms with Crippen molar-refractivity contribution >= 4 is 65.8 Å². The van der Waals surface area contributed by atoms with Crippen LogP contribution in [0.15, 0.2) is 98.8 Å². The third-order valence-corrected chi connectivity index (χ3v) is 6.95. The third-order valence-electron chi connectivity index (χ3n) is 6.72. The van der Waals surface area contributed by atoms with Crippen molar-refractivity contribution in [3.63, 3.8) is 0 Å². The number of nitrogens with zero attached hydrogens (tertiary/aromatic N) is 7. The number of aryl methyl sites for hydroxylation is 5. The summed E-state index contributed by atoms with van der Waals surface area (Å²) < 4.78 is 4.97. The molecule has 0 saturated heterocycles. The lowest BCUT2D eigenvalue weighted by Gasteiger charge is -2.07. The molecule has 4 aromatic rings. The topological polar surface area (TPSA) is 97.5 Å². The first kappa shape index (κ1) is 41.7. The van der Waals surface area contributed by atoms with E-state index in [1.807, 2.05) is 93.3 Å². The molecule has 0 aromatic heterocycles. The highest BCUT2D eigenvalue weighted by atomic mass is 35.5. The molecule has 0 unspecified atom stereocenters. The second-order valence-electron chi connectivity index (χ2n) is 12.2. The van der Waals surface area contributed by atoms with E-state index in [2.05, 4.69) is 77.2 Å². The molecule has 0 spiro atoms. The second-order valence-corrected chi connectivity index (χ2v) is 12.7. The molecule has 0 aliphatic rings. The summed E-state index contributed by atoms with van der Waals surface area (Å²) in [6.45, 7) is 10.3. The molecule has 0 aliphatic heterocycles. The van der Waals surface area contributed by atoms with Gasteiger partial charge in [-0.25, -0.2) is 24.8 Å². The molecule has 1 N–H and O–H groups in total. The smallest absolute Gasteiger partial charge is 0.410 e. The van der Waals surface area contributed by atoms with Crippen LogP contribution in [0.5, 0.6) is 5.75 Å². The zero-order valence-electron chi connectivity index (χ0n) is 31.6. The summed E-state index contributed by atoms with van der Waals surface area (Å²) in [6, 6.07) is 25.2. The minimum atomic E-state index is -0.492. The van der Waals surface area contributed by atoms with Crippen molar-refractivity contribution in [2.24, 2.45) is 20.0 Å². The molecule has 4 rings (SSSR count). The molecule has 0 radical (unpaired) electrons. The van der Waals surface area contributed by atoms with Crippen molar-refractivity contribution < 1.29 is 9.53 Å². The van der Waals surface area contributed by atoms with Crippen LogP contribution >= 0.6 is 11.6 Å². The van der Waals surface area contributed by atoms with Gasteiger partial charge in [0.25, 0.3) is 0 Å². The van der Waals surface area contributed by atoms with Gasteiger partial charge in [-0.2, -0.15) is 0 Å². The lowest BCUT2D eigenvalue weighted by Crippen LogP contribution is -2.21. The number of hydrogen-bond donors (Lipinski definition) is 1. The number of amides is 1. The van der Waals surface area contributed by atoms with Crippen molar-refractivity contribution in [3.05, 3.63) is 112 Å². The SMILES string of the molecule is CNC(=O)Oc1cccc(/N=C\N(C)C)c1.Cc1cc(Cl)ccc1N=CN(C)C.Cc1ccc(/N=C/N(C)/C=N/c2ccc(C)cc2C)c(C)c1. The molecule has 51 heavy (non-hydrogen) atoms. The van der Waals surface area contributed by atoms with Crippen molar-refractivity contribution in [3.8, 4) is 5.75 Å². The van der Waals surface area contributed by atoms with Gasteiger partial charge in [-0.1, -0.05) is 53.1 Å². The third kappa shape index (κ3) is 16.7. The number of benzene rings is 4. The van der Waals surface area contributed by atoms with Gasteiger partial charge in [0.2, 0.25) is 0 Å². The molecule has 0 aliphatic carbocycles. The maximum absolute atomic E-state index is 11.0. The number of halogens is 1. The summed E-state index contributed by atoms with van der Waals surface area (Å²) in [6.07, 6.45) is 6.53. The molecule has 10 nitrogen and oxygen atoms in total. The monoisotopic (exact) mass is 710 g/mol. The fourth-order valence-corrected chi connectivity index (χ4v) is 4.37. The minimum Gasteiger partial charge on any atom is -0.410 e. The van der Waals surface area contributed by atoms with Crippen LogP contribution in [-0.2, 0) is 0 Å². The first-order chi connectivity index (χ1) is 24.2. The molecular weight excluding hydrogens is 660 g/mol. The van der Waals surface area contributed by atoms with Gasteiger partial charge in [-0.15, -0.1) is 0 Å². The number of rotatable bonds is 9. The normalized spacial score (nSPS) is 10.9. The molecule has 0 fully saturated rings. The van der Waals surface area contributed by atoms with E-state index in [4.69, 9.17) is 16.3 Å². The van der Waals surface area contributed by atoms with E-state index in [1.165, 1.54) is 29.3 Å². The Balaban J connectivity index is 0.000000276. The minimum absolute atomic E-state index is 0.466. The highest BCUT2D eigenvalue weighted by Crippen LogP contribution is 2.23. The Morgan fingerprint density at radius 2 is 1.10 bits per heavy atom. The zero-order valence-corrected chi connectivity index (χ0v) is 32.4. The van der Waals surface area contributed by atoms with Crippen LogP contribution in [0.25, 0.3) is 0 Å². The zero-order chi connectivity index (χ0) is 37.9. The van der Waals surface area contributed by atoms with Gasteiger partial charge in [-0.05, 0) is 93.8 Å². The van der Waals surface area contributed by atoms with Crippen molar-refractivity contribution in [1.82, 2.24) is 20.0 Å². The number of ether oxygens (including phenoxy) is 1. The van der Waals surface area contributed by atoms with Crippen molar-refractivity contribution in [1.29, 1.82) is 0 Å². The largest absolute Gasteiger partial charge is 0.412 e.